The molecule has 2 aromatic rings. The SMILES string of the molecule is CCOc1c(Br)cc(C=NNC(=O)C(NC(=O)c2ccc(C)cc2)C(C)C)cc1OC. The first-order valence-corrected chi connectivity index (χ1v) is 10.8. The molecule has 0 aliphatic rings. The summed E-state index contributed by atoms with van der Waals surface area (Å²) in [6.45, 7) is 8.06. The Morgan fingerprint density at radius 2 is 1.87 bits per heavy atom. The van der Waals surface area contributed by atoms with E-state index >= 15 is 0 Å². The van der Waals surface area contributed by atoms with Crippen molar-refractivity contribution in [3.8, 4) is 11.5 Å². The highest BCUT2D eigenvalue weighted by atomic mass is 79.9. The molecule has 0 saturated carbocycles. The van der Waals surface area contributed by atoms with E-state index in [9.17, 15) is 9.59 Å². The number of rotatable bonds is 9. The second kappa shape index (κ2) is 11.5. The van der Waals surface area contributed by atoms with Gasteiger partial charge in [-0.15, -0.1) is 0 Å². The molecule has 2 amide bonds. The Balaban J connectivity index is 2.07. The fourth-order valence-electron chi connectivity index (χ4n) is 2.80. The molecule has 0 aliphatic carbocycles. The number of nitrogens with zero attached hydrogens (tertiary/aromatic N) is 1. The smallest absolute Gasteiger partial charge is 0.262 e. The molecule has 1 atom stereocenters. The van der Waals surface area contributed by atoms with E-state index in [0.717, 1.165) is 5.56 Å². The van der Waals surface area contributed by atoms with Crippen LogP contribution >= 0.6 is 15.9 Å². The predicted octanol–water partition coefficient (Wildman–Crippen LogP) is 4.07. The molecule has 31 heavy (non-hydrogen) atoms. The number of ether oxygens (including phenoxy) is 2. The van der Waals surface area contributed by atoms with Crippen molar-refractivity contribution in [3.05, 3.63) is 57.6 Å². The monoisotopic (exact) mass is 489 g/mol. The molecule has 166 valence electrons. The van der Waals surface area contributed by atoms with Crippen LogP contribution in [0.5, 0.6) is 11.5 Å². The molecule has 0 bridgehead atoms. The van der Waals surface area contributed by atoms with Crippen LogP contribution in [0.2, 0.25) is 0 Å². The number of carbonyl (C=O) groups excluding carboxylic acids is 2. The summed E-state index contributed by atoms with van der Waals surface area (Å²) in [6.07, 6.45) is 1.50. The molecule has 8 heteroatoms. The fraction of sp³-hybridized carbons (Fsp3) is 0.348. The van der Waals surface area contributed by atoms with Crippen LogP contribution in [0.3, 0.4) is 0 Å². The molecule has 0 radical (unpaired) electrons. The molecule has 2 aromatic carbocycles. The minimum Gasteiger partial charge on any atom is -0.493 e. The zero-order valence-corrected chi connectivity index (χ0v) is 19.9. The molecule has 0 heterocycles. The summed E-state index contributed by atoms with van der Waals surface area (Å²) in [7, 11) is 1.55. The molecule has 2 rings (SSSR count). The van der Waals surface area contributed by atoms with E-state index in [2.05, 4.69) is 31.8 Å². The first-order valence-electron chi connectivity index (χ1n) is 9.97. The summed E-state index contributed by atoms with van der Waals surface area (Å²) in [5.74, 6) is 0.324. The molecule has 1 unspecified atom stereocenters. The predicted molar refractivity (Wildman–Crippen MR) is 125 cm³/mol. The lowest BCUT2D eigenvalue weighted by atomic mass is 10.0. The van der Waals surface area contributed by atoms with Gasteiger partial charge in [0.05, 0.1) is 24.4 Å². The molecular formula is C23H28BrN3O4. The number of nitrogens with one attached hydrogen (secondary N) is 2. The van der Waals surface area contributed by atoms with E-state index in [4.69, 9.17) is 9.47 Å². The maximum absolute atomic E-state index is 12.6. The van der Waals surface area contributed by atoms with Crippen LogP contribution in [0.25, 0.3) is 0 Å². The van der Waals surface area contributed by atoms with Gasteiger partial charge in [-0.05, 0) is 65.5 Å². The normalized spacial score (nSPS) is 12.0. The molecule has 0 spiro atoms. The number of aryl methyl sites for hydroxylation is 1. The van der Waals surface area contributed by atoms with Crippen molar-refractivity contribution in [2.75, 3.05) is 13.7 Å². The van der Waals surface area contributed by atoms with Gasteiger partial charge in [-0.25, -0.2) is 5.43 Å². The maximum Gasteiger partial charge on any atom is 0.262 e. The Morgan fingerprint density at radius 3 is 2.45 bits per heavy atom. The Bertz CT molecular complexity index is 943. The number of methoxy groups -OCH3 is 1. The van der Waals surface area contributed by atoms with Crippen molar-refractivity contribution in [1.82, 2.24) is 10.7 Å². The number of hydrogen-bond donors (Lipinski definition) is 2. The van der Waals surface area contributed by atoms with E-state index in [1.165, 1.54) is 6.21 Å². The van der Waals surface area contributed by atoms with Crippen LogP contribution in [0.1, 0.15) is 42.3 Å². The molecule has 2 N–H and O–H groups in total. The van der Waals surface area contributed by atoms with E-state index in [-0.39, 0.29) is 11.8 Å². The third kappa shape index (κ3) is 6.82. The van der Waals surface area contributed by atoms with Crippen LogP contribution < -0.4 is 20.2 Å². The number of halogens is 1. The second-order valence-electron chi connectivity index (χ2n) is 7.26. The third-order valence-corrected chi connectivity index (χ3v) is 5.07. The van der Waals surface area contributed by atoms with Gasteiger partial charge in [0, 0.05) is 5.56 Å². The summed E-state index contributed by atoms with van der Waals surface area (Å²) in [4.78, 5) is 25.1. The van der Waals surface area contributed by atoms with Crippen LogP contribution in [0.4, 0.5) is 0 Å². The van der Waals surface area contributed by atoms with E-state index < -0.39 is 11.9 Å². The Labute approximate surface area is 191 Å². The van der Waals surface area contributed by atoms with Gasteiger partial charge in [0.1, 0.15) is 6.04 Å². The Kier molecular flexibility index (Phi) is 9.05. The standard InChI is InChI=1S/C23H28BrN3O4/c1-6-31-21-18(24)11-16(12-19(21)30-5)13-25-27-23(29)20(14(2)3)26-22(28)17-9-7-15(4)8-10-17/h7-14,20H,6H2,1-5H3,(H,26,28)(H,27,29). The highest BCUT2D eigenvalue weighted by molar-refractivity contribution is 9.10. The van der Waals surface area contributed by atoms with Gasteiger partial charge in [-0.2, -0.15) is 5.10 Å². The van der Waals surface area contributed by atoms with Crippen LogP contribution in [-0.4, -0.2) is 37.8 Å². The van der Waals surface area contributed by atoms with E-state index in [0.29, 0.717) is 33.7 Å². The highest BCUT2D eigenvalue weighted by Crippen LogP contribution is 2.36. The average molecular weight is 490 g/mol. The van der Waals surface area contributed by atoms with Gasteiger partial charge < -0.3 is 14.8 Å². The van der Waals surface area contributed by atoms with Crippen molar-refractivity contribution in [2.24, 2.45) is 11.0 Å². The molecule has 0 aromatic heterocycles. The van der Waals surface area contributed by atoms with Crippen LogP contribution in [-0.2, 0) is 4.79 Å². The number of hydrazone groups is 1. The van der Waals surface area contributed by atoms with Gasteiger partial charge in [-0.3, -0.25) is 9.59 Å². The van der Waals surface area contributed by atoms with Gasteiger partial charge in [0.25, 0.3) is 11.8 Å². The van der Waals surface area contributed by atoms with Crippen molar-refractivity contribution in [3.63, 3.8) is 0 Å². The second-order valence-corrected chi connectivity index (χ2v) is 8.12. The largest absolute Gasteiger partial charge is 0.493 e. The summed E-state index contributed by atoms with van der Waals surface area (Å²) >= 11 is 3.46. The summed E-state index contributed by atoms with van der Waals surface area (Å²) < 4.78 is 11.6. The number of benzene rings is 2. The van der Waals surface area contributed by atoms with Gasteiger partial charge in [0.2, 0.25) is 0 Å². The number of hydrogen-bond acceptors (Lipinski definition) is 5. The zero-order valence-electron chi connectivity index (χ0n) is 18.4. The lowest BCUT2D eigenvalue weighted by molar-refractivity contribution is -0.123. The summed E-state index contributed by atoms with van der Waals surface area (Å²) in [6, 6.07) is 10.0. The van der Waals surface area contributed by atoms with E-state index in [1.807, 2.05) is 45.9 Å². The maximum atomic E-state index is 12.6. The van der Waals surface area contributed by atoms with Crippen molar-refractivity contribution in [2.45, 2.75) is 33.7 Å². The molecule has 0 aliphatic heterocycles. The van der Waals surface area contributed by atoms with Crippen LogP contribution in [0.15, 0.2) is 46.0 Å². The van der Waals surface area contributed by atoms with Gasteiger partial charge in [-0.1, -0.05) is 31.5 Å². The van der Waals surface area contributed by atoms with Gasteiger partial charge in [0.15, 0.2) is 11.5 Å². The Hall–Kier alpha value is -2.87. The highest BCUT2D eigenvalue weighted by Gasteiger charge is 2.24. The Morgan fingerprint density at radius 1 is 1.19 bits per heavy atom. The van der Waals surface area contributed by atoms with E-state index in [1.54, 1.807) is 25.3 Å². The summed E-state index contributed by atoms with van der Waals surface area (Å²) in [5.41, 5.74) is 4.77. The number of amides is 2. The quantitative estimate of drug-likeness (QED) is 0.410. The lowest BCUT2D eigenvalue weighted by Crippen LogP contribution is -2.48. The third-order valence-electron chi connectivity index (χ3n) is 4.48. The van der Waals surface area contributed by atoms with Crippen molar-refractivity contribution < 1.29 is 19.1 Å². The molecule has 7 nitrogen and oxygen atoms in total. The minimum absolute atomic E-state index is 0.121. The molecular weight excluding hydrogens is 462 g/mol. The summed E-state index contributed by atoms with van der Waals surface area (Å²) in [5, 5.41) is 6.82. The lowest BCUT2D eigenvalue weighted by Gasteiger charge is -2.20. The van der Waals surface area contributed by atoms with Crippen molar-refractivity contribution >= 4 is 34.0 Å². The molecule has 0 fully saturated rings. The number of carbonyl (C=O) groups is 2. The topological polar surface area (TPSA) is 89.0 Å². The fourth-order valence-corrected chi connectivity index (χ4v) is 3.38. The van der Waals surface area contributed by atoms with Crippen molar-refractivity contribution in [1.29, 1.82) is 0 Å². The van der Waals surface area contributed by atoms with Crippen LogP contribution in [0, 0.1) is 12.8 Å². The molecule has 0 saturated heterocycles. The first-order chi connectivity index (χ1) is 14.8. The average Bonchev–Trinajstić information content (AvgIpc) is 2.73. The zero-order chi connectivity index (χ0) is 23.0. The van der Waals surface area contributed by atoms with Gasteiger partial charge >= 0.3 is 0 Å². The first kappa shape index (κ1) is 24.4. The minimum atomic E-state index is -0.729.